The molecule has 21 rings (SSSR count). The molecule has 0 amide bonds. The highest BCUT2D eigenvalue weighted by Crippen LogP contribution is 2.54. The number of hydrogen-bond donors (Lipinski definition) is 0. The van der Waals surface area contributed by atoms with Gasteiger partial charge in [-0.1, -0.05) is 259 Å². The summed E-state index contributed by atoms with van der Waals surface area (Å²) in [6, 6.07) is 91.8. The van der Waals surface area contributed by atoms with Crippen molar-refractivity contribution in [3.8, 4) is 78.0 Å². The molecule has 8 nitrogen and oxygen atoms in total. The van der Waals surface area contributed by atoms with Crippen molar-refractivity contribution >= 4 is 131 Å². The zero-order chi connectivity index (χ0) is 70.5. The lowest BCUT2D eigenvalue weighted by molar-refractivity contribution is 0.00578. The van der Waals surface area contributed by atoms with Gasteiger partial charge in [-0.3, -0.25) is 0 Å². The third-order valence-corrected chi connectivity index (χ3v) is 25.1. The molecule has 0 spiro atoms. The summed E-state index contributed by atoms with van der Waals surface area (Å²) < 4.78 is 29.8. The van der Waals surface area contributed by atoms with E-state index in [1.807, 2.05) is 71.2 Å². The number of halogens is 1. The molecule has 1 aliphatic heterocycles. The Balaban J connectivity index is 0.000000125. The molecular formula is C93H72BClN4O4S2. The number of thiophene rings is 2. The highest BCUT2D eigenvalue weighted by atomic mass is 35.5. The highest BCUT2D eigenvalue weighted by molar-refractivity contribution is 7.27. The molecule has 18 aromatic rings. The highest BCUT2D eigenvalue weighted by Gasteiger charge is 2.52. The van der Waals surface area contributed by atoms with E-state index in [1.54, 1.807) is 6.33 Å². The van der Waals surface area contributed by atoms with Gasteiger partial charge in [0.2, 0.25) is 0 Å². The van der Waals surface area contributed by atoms with Crippen LogP contribution in [-0.4, -0.2) is 38.3 Å². The maximum absolute atomic E-state index is 6.39. The fourth-order valence-corrected chi connectivity index (χ4v) is 19.1. The molecule has 0 bridgehead atoms. The van der Waals surface area contributed by atoms with Crippen LogP contribution in [0.4, 0.5) is 0 Å². The molecule has 0 radical (unpaired) electrons. The summed E-state index contributed by atoms with van der Waals surface area (Å²) >= 11 is 9.67. The average Bonchev–Trinajstić information content (AvgIpc) is 1.57. The Morgan fingerprint density at radius 3 is 1.20 bits per heavy atom. The van der Waals surface area contributed by atoms with Crippen LogP contribution in [0.5, 0.6) is 0 Å². The third kappa shape index (κ3) is 10.6. The number of aromatic nitrogens is 4. The molecular weight excluding hydrogens is 1350 g/mol. The molecule has 0 unspecified atom stereocenters. The summed E-state index contributed by atoms with van der Waals surface area (Å²) in [7, 11) is -0.381. The molecule has 0 saturated carbocycles. The Kier molecular flexibility index (Phi) is 15.7. The van der Waals surface area contributed by atoms with Crippen molar-refractivity contribution in [3.63, 3.8) is 0 Å². The predicted molar refractivity (Wildman–Crippen MR) is 441 cm³/mol. The van der Waals surface area contributed by atoms with E-state index in [4.69, 9.17) is 34.7 Å². The van der Waals surface area contributed by atoms with Crippen molar-refractivity contribution < 1.29 is 18.1 Å². The maximum Gasteiger partial charge on any atom is 0.494 e. The van der Waals surface area contributed by atoms with Crippen LogP contribution in [0, 0.1) is 0 Å². The number of para-hydroxylation sites is 2. The molecule has 0 N–H and O–H groups in total. The first kappa shape index (κ1) is 66.1. The molecule has 12 heteroatoms. The van der Waals surface area contributed by atoms with Gasteiger partial charge in [-0.05, 0) is 165 Å². The summed E-state index contributed by atoms with van der Waals surface area (Å²) in [5, 5.41) is 7.51. The number of rotatable bonds is 6. The van der Waals surface area contributed by atoms with E-state index in [1.165, 1.54) is 130 Å². The van der Waals surface area contributed by atoms with Gasteiger partial charge in [0.25, 0.3) is 0 Å². The lowest BCUT2D eigenvalue weighted by Crippen LogP contribution is -2.41. The van der Waals surface area contributed by atoms with E-state index in [0.29, 0.717) is 10.7 Å². The fourth-order valence-electron chi connectivity index (χ4n) is 16.2. The van der Waals surface area contributed by atoms with Gasteiger partial charge in [0, 0.05) is 67.5 Å². The number of fused-ring (bicyclic) bond motifs is 18. The first-order valence-corrected chi connectivity index (χ1v) is 37.3. The van der Waals surface area contributed by atoms with Gasteiger partial charge in [0.05, 0.1) is 11.2 Å². The molecule has 7 heterocycles. The van der Waals surface area contributed by atoms with E-state index in [9.17, 15) is 0 Å². The van der Waals surface area contributed by atoms with Crippen LogP contribution >= 0.6 is 34.3 Å². The number of benzene rings is 12. The first-order valence-electron chi connectivity index (χ1n) is 35.3. The van der Waals surface area contributed by atoms with Gasteiger partial charge in [-0.15, -0.1) is 22.7 Å². The molecule has 105 heavy (non-hydrogen) atoms. The average molecular weight is 1420 g/mol. The van der Waals surface area contributed by atoms with Crippen molar-refractivity contribution in [2.75, 3.05) is 0 Å². The SMILES string of the molecule is C.CC1(C)c2ccccc2-c2ccc(-c3cccc4c3sc3c(-c5cccc(-c6ncnc7c6oc6ccccc67)c5)cccc34)cc21.CC1(C)c2ccccc2-c2ccc(-c3cccc4c3sc3c(-c5cccc(B6OC(C)(C)C(C)(C)O6)c5)cccc34)cc21.Clc1ncnc2c1oc1ccccc12. The van der Waals surface area contributed by atoms with E-state index >= 15 is 0 Å². The second kappa shape index (κ2) is 24.9. The van der Waals surface area contributed by atoms with Crippen molar-refractivity contribution in [3.05, 3.63) is 295 Å². The van der Waals surface area contributed by atoms with Crippen molar-refractivity contribution in [2.45, 2.75) is 84.8 Å². The zero-order valence-electron chi connectivity index (χ0n) is 58.6. The van der Waals surface area contributed by atoms with Gasteiger partial charge in [-0.25, -0.2) is 19.9 Å². The Bertz CT molecular complexity index is 6560. The van der Waals surface area contributed by atoms with Crippen molar-refractivity contribution in [1.82, 2.24) is 19.9 Å². The maximum atomic E-state index is 6.39. The lowest BCUT2D eigenvalue weighted by atomic mass is 9.78. The Morgan fingerprint density at radius 2 is 0.695 bits per heavy atom. The van der Waals surface area contributed by atoms with Crippen LogP contribution in [0.3, 0.4) is 0 Å². The quantitative estimate of drug-likeness (QED) is 0.120. The normalized spacial score (nSPS) is 14.8. The Morgan fingerprint density at radius 1 is 0.324 bits per heavy atom. The van der Waals surface area contributed by atoms with Crippen molar-refractivity contribution in [2.24, 2.45) is 0 Å². The first-order chi connectivity index (χ1) is 50.5. The van der Waals surface area contributed by atoms with Crippen LogP contribution in [0.2, 0.25) is 5.15 Å². The van der Waals surface area contributed by atoms with E-state index in [2.05, 4.69) is 277 Å². The molecule has 2 aliphatic carbocycles. The summed E-state index contributed by atoms with van der Waals surface area (Å²) in [4.78, 5) is 17.3. The molecule has 3 aliphatic rings. The molecule has 510 valence electrons. The minimum Gasteiger partial charge on any atom is -0.452 e. The predicted octanol–water partition coefficient (Wildman–Crippen LogP) is 25.7. The Labute approximate surface area is 622 Å². The van der Waals surface area contributed by atoms with Crippen LogP contribution in [0.25, 0.3) is 163 Å². The van der Waals surface area contributed by atoms with Gasteiger partial charge < -0.3 is 18.1 Å². The number of furan rings is 2. The van der Waals surface area contributed by atoms with Crippen molar-refractivity contribution in [1.29, 1.82) is 0 Å². The molecule has 1 fully saturated rings. The largest absolute Gasteiger partial charge is 0.494 e. The van der Waals surface area contributed by atoms with Crippen LogP contribution in [0.1, 0.15) is 85.1 Å². The molecule has 6 aromatic heterocycles. The summed E-state index contributed by atoms with van der Waals surface area (Å²) in [5.41, 5.74) is 27.5. The van der Waals surface area contributed by atoms with Gasteiger partial charge >= 0.3 is 7.12 Å². The fraction of sp³-hybridized carbons (Fsp3) is 0.140. The van der Waals surface area contributed by atoms with E-state index in [0.717, 1.165) is 60.8 Å². The van der Waals surface area contributed by atoms with E-state index in [-0.39, 0.29) is 36.6 Å². The third-order valence-electron chi connectivity index (χ3n) is 22.3. The van der Waals surface area contributed by atoms with Gasteiger partial charge in [0.1, 0.15) is 40.5 Å². The van der Waals surface area contributed by atoms with Crippen LogP contribution in [-0.2, 0) is 20.1 Å². The molecule has 0 atom stereocenters. The lowest BCUT2D eigenvalue weighted by Gasteiger charge is -2.32. The Hall–Kier alpha value is -10.9. The van der Waals surface area contributed by atoms with Gasteiger partial charge in [0.15, 0.2) is 16.3 Å². The summed E-state index contributed by atoms with van der Waals surface area (Å²) in [5.74, 6) is 0. The summed E-state index contributed by atoms with van der Waals surface area (Å²) in [6.07, 6.45) is 3.08. The monoisotopic (exact) mass is 1420 g/mol. The molecule has 12 aromatic carbocycles. The second-order valence-electron chi connectivity index (χ2n) is 29.5. The van der Waals surface area contributed by atoms with E-state index < -0.39 is 0 Å². The standard InChI is InChI=1S/C43H28N2OS.C39H35BO2S.C10H5ClN2O.CH4/c1-43(2)35-18-5-3-12-30(35)31-21-20-26(23-36(31)43)29-15-9-17-33-32-16-8-14-28(41(32)47-42(29)33)25-10-7-11-27(22-25)38-40-39(45-24-44-38)34-13-4-6-19-37(34)46-40;1-37(2)33-19-8-7-14-29(33)30-21-20-25(23-34(30)37)28-16-11-18-32-31-17-10-15-27(35(31)43-36(28)32)24-12-9-13-26(22-24)40-41-38(3,4)39(5,6)42-40;11-10-9-8(12-5-13-10)6-3-1-2-4-7(6)14-9;/h3-24H,1-2H3;7-23H,1-6H3;1-5H;1H4. The van der Waals surface area contributed by atoms with Crippen LogP contribution < -0.4 is 5.46 Å². The van der Waals surface area contributed by atoms with Crippen LogP contribution in [0.15, 0.2) is 276 Å². The number of nitrogens with zero attached hydrogens (tertiary/aromatic N) is 4. The minimum atomic E-state index is -0.381. The molecule has 1 saturated heterocycles. The second-order valence-corrected chi connectivity index (χ2v) is 31.9. The smallest absolute Gasteiger partial charge is 0.452 e. The van der Waals surface area contributed by atoms with Gasteiger partial charge in [-0.2, -0.15) is 0 Å². The zero-order valence-corrected chi connectivity index (χ0v) is 61.0. The number of hydrogen-bond acceptors (Lipinski definition) is 10. The topological polar surface area (TPSA) is 96.3 Å². The minimum absolute atomic E-state index is 0. The summed E-state index contributed by atoms with van der Waals surface area (Å²) in [6.45, 7) is 17.8.